The average molecular weight is 518 g/mol. The topological polar surface area (TPSA) is 129 Å². The first-order valence-corrected chi connectivity index (χ1v) is 12.4. The van der Waals surface area contributed by atoms with E-state index in [0.29, 0.717) is 10.7 Å². The lowest BCUT2D eigenvalue weighted by molar-refractivity contribution is -0.141. The van der Waals surface area contributed by atoms with Crippen molar-refractivity contribution in [2.45, 2.75) is 19.6 Å². The Balaban J connectivity index is 1.77. The SMILES string of the molecule is Cc1cc(Nc2nccc(C(F)(F)F)n2)cc(-c2cnc(CN(CCO)CCS(=O)(=O)O)s2)c1. The predicted octanol–water partition coefficient (Wildman–Crippen LogP) is 3.35. The van der Waals surface area contributed by atoms with Gasteiger partial charge >= 0.3 is 6.18 Å². The molecular formula is C20H22F3N5O4S2. The molecule has 3 N–H and O–H groups in total. The molecule has 0 bridgehead atoms. The third kappa shape index (κ3) is 7.70. The van der Waals surface area contributed by atoms with Gasteiger partial charge in [0.25, 0.3) is 10.1 Å². The first-order chi connectivity index (χ1) is 15.9. The fourth-order valence-corrected chi connectivity index (χ4v) is 4.50. The molecule has 2 heterocycles. The molecule has 1 aromatic carbocycles. The summed E-state index contributed by atoms with van der Waals surface area (Å²) in [7, 11) is -4.13. The minimum absolute atomic E-state index is 0.0316. The number of hydrogen-bond acceptors (Lipinski definition) is 9. The molecule has 0 aliphatic rings. The lowest BCUT2D eigenvalue weighted by Crippen LogP contribution is -2.31. The number of nitrogens with one attached hydrogen (secondary N) is 1. The van der Waals surface area contributed by atoms with Gasteiger partial charge in [-0.2, -0.15) is 21.6 Å². The van der Waals surface area contributed by atoms with Crippen molar-refractivity contribution in [1.82, 2.24) is 19.9 Å². The quantitative estimate of drug-likeness (QED) is 0.347. The van der Waals surface area contributed by atoms with Crippen LogP contribution in [0.4, 0.5) is 24.8 Å². The van der Waals surface area contributed by atoms with Gasteiger partial charge in [-0.15, -0.1) is 11.3 Å². The van der Waals surface area contributed by atoms with Crippen LogP contribution in [0.25, 0.3) is 10.4 Å². The van der Waals surface area contributed by atoms with E-state index in [-0.39, 0.29) is 32.2 Å². The maximum atomic E-state index is 12.9. The molecule has 0 aliphatic carbocycles. The summed E-state index contributed by atoms with van der Waals surface area (Å²) < 4.78 is 69.8. The van der Waals surface area contributed by atoms with Gasteiger partial charge in [0.15, 0.2) is 0 Å². The Morgan fingerprint density at radius 2 is 1.94 bits per heavy atom. The molecule has 0 saturated heterocycles. The number of nitrogens with zero attached hydrogens (tertiary/aromatic N) is 4. The zero-order valence-corrected chi connectivity index (χ0v) is 19.6. The highest BCUT2D eigenvalue weighted by Crippen LogP contribution is 2.31. The van der Waals surface area contributed by atoms with E-state index in [0.717, 1.165) is 28.3 Å². The van der Waals surface area contributed by atoms with Gasteiger partial charge in [-0.1, -0.05) is 6.07 Å². The van der Waals surface area contributed by atoms with Crippen LogP contribution in [-0.4, -0.2) is 63.4 Å². The Morgan fingerprint density at radius 1 is 1.18 bits per heavy atom. The van der Waals surface area contributed by atoms with Crippen molar-refractivity contribution in [3.05, 3.63) is 52.9 Å². The van der Waals surface area contributed by atoms with Crippen LogP contribution < -0.4 is 5.32 Å². The number of aliphatic hydroxyl groups excluding tert-OH is 1. The molecule has 3 aromatic rings. The van der Waals surface area contributed by atoms with Crippen LogP contribution in [0.3, 0.4) is 0 Å². The largest absolute Gasteiger partial charge is 0.433 e. The van der Waals surface area contributed by atoms with Crippen LogP contribution in [0.15, 0.2) is 36.7 Å². The second-order valence-electron chi connectivity index (χ2n) is 7.38. The molecule has 0 radical (unpaired) electrons. The van der Waals surface area contributed by atoms with Gasteiger partial charge in [0, 0.05) is 31.2 Å². The van der Waals surface area contributed by atoms with Crippen molar-refractivity contribution in [2.75, 3.05) is 30.8 Å². The number of benzene rings is 1. The van der Waals surface area contributed by atoms with Crippen molar-refractivity contribution in [3.63, 3.8) is 0 Å². The normalized spacial score (nSPS) is 12.3. The van der Waals surface area contributed by atoms with Crippen molar-refractivity contribution in [1.29, 1.82) is 0 Å². The molecule has 34 heavy (non-hydrogen) atoms. The van der Waals surface area contributed by atoms with E-state index in [4.69, 9.17) is 4.55 Å². The number of rotatable bonds is 10. The number of alkyl halides is 3. The Kier molecular flexibility index (Phi) is 8.20. The Bertz CT molecular complexity index is 1230. The molecule has 9 nitrogen and oxygen atoms in total. The molecule has 0 spiro atoms. The zero-order valence-electron chi connectivity index (χ0n) is 17.9. The molecule has 0 unspecified atom stereocenters. The van der Waals surface area contributed by atoms with E-state index in [2.05, 4.69) is 20.3 Å². The fourth-order valence-electron chi connectivity index (χ4n) is 3.07. The van der Waals surface area contributed by atoms with Gasteiger partial charge in [-0.25, -0.2) is 15.0 Å². The smallest absolute Gasteiger partial charge is 0.395 e. The summed E-state index contributed by atoms with van der Waals surface area (Å²) in [6.45, 7) is 2.16. The summed E-state index contributed by atoms with van der Waals surface area (Å²) in [5.74, 6) is -0.648. The van der Waals surface area contributed by atoms with E-state index >= 15 is 0 Å². The zero-order chi connectivity index (χ0) is 24.9. The number of aliphatic hydroxyl groups is 1. The summed E-state index contributed by atoms with van der Waals surface area (Å²) >= 11 is 1.35. The Labute approximate surface area is 198 Å². The molecule has 184 valence electrons. The molecule has 14 heteroatoms. The number of aromatic nitrogens is 3. The van der Waals surface area contributed by atoms with E-state index in [1.54, 1.807) is 23.2 Å². The van der Waals surface area contributed by atoms with Crippen LogP contribution in [-0.2, 0) is 22.8 Å². The van der Waals surface area contributed by atoms with E-state index in [9.17, 15) is 26.7 Å². The van der Waals surface area contributed by atoms with Gasteiger partial charge in [0.2, 0.25) is 5.95 Å². The van der Waals surface area contributed by atoms with Crippen LogP contribution in [0.1, 0.15) is 16.3 Å². The molecule has 0 amide bonds. The fraction of sp³-hybridized carbons (Fsp3) is 0.350. The second-order valence-corrected chi connectivity index (χ2v) is 10.1. The minimum atomic E-state index is -4.58. The molecule has 0 saturated carbocycles. The third-order valence-corrected chi connectivity index (χ3v) is 6.29. The van der Waals surface area contributed by atoms with Crippen LogP contribution in [0, 0.1) is 6.92 Å². The Hall–Kier alpha value is -2.65. The number of halogens is 3. The number of thiazole rings is 1. The summed E-state index contributed by atoms with van der Waals surface area (Å²) in [4.78, 5) is 14.2. The summed E-state index contributed by atoms with van der Waals surface area (Å²) in [5.41, 5.74) is 1.06. The van der Waals surface area contributed by atoms with Crippen molar-refractivity contribution in [2.24, 2.45) is 0 Å². The third-order valence-electron chi connectivity index (χ3n) is 4.56. The van der Waals surface area contributed by atoms with E-state index in [1.807, 2.05) is 13.0 Å². The van der Waals surface area contributed by atoms with E-state index < -0.39 is 27.7 Å². The van der Waals surface area contributed by atoms with Gasteiger partial charge in [0.05, 0.1) is 23.8 Å². The molecule has 3 rings (SSSR count). The van der Waals surface area contributed by atoms with Crippen molar-refractivity contribution in [3.8, 4) is 10.4 Å². The van der Waals surface area contributed by atoms with Gasteiger partial charge in [0.1, 0.15) is 10.7 Å². The first-order valence-electron chi connectivity index (χ1n) is 9.95. The lowest BCUT2D eigenvalue weighted by atomic mass is 10.1. The predicted molar refractivity (Wildman–Crippen MR) is 121 cm³/mol. The highest BCUT2D eigenvalue weighted by atomic mass is 32.2. The molecule has 2 aromatic heterocycles. The Morgan fingerprint density at radius 3 is 2.62 bits per heavy atom. The molecular weight excluding hydrogens is 495 g/mol. The van der Waals surface area contributed by atoms with Crippen molar-refractivity contribution >= 4 is 33.1 Å². The van der Waals surface area contributed by atoms with Gasteiger partial charge < -0.3 is 10.4 Å². The molecule has 0 fully saturated rings. The van der Waals surface area contributed by atoms with Crippen molar-refractivity contribution < 1.29 is 31.2 Å². The maximum absolute atomic E-state index is 12.9. The number of hydrogen-bond donors (Lipinski definition) is 3. The summed E-state index contributed by atoms with van der Waals surface area (Å²) in [6, 6.07) is 6.16. The average Bonchev–Trinajstić information content (AvgIpc) is 3.19. The molecule has 0 aliphatic heterocycles. The van der Waals surface area contributed by atoms with Crippen LogP contribution >= 0.6 is 11.3 Å². The lowest BCUT2D eigenvalue weighted by Gasteiger charge is -2.18. The highest BCUT2D eigenvalue weighted by Gasteiger charge is 2.32. The van der Waals surface area contributed by atoms with Gasteiger partial charge in [-0.3, -0.25) is 9.45 Å². The minimum Gasteiger partial charge on any atom is -0.395 e. The van der Waals surface area contributed by atoms with Crippen LogP contribution in [0.5, 0.6) is 0 Å². The summed E-state index contributed by atoms with van der Waals surface area (Å²) in [6.07, 6.45) is -1.91. The monoisotopic (exact) mass is 517 g/mol. The number of aryl methyl sites for hydroxylation is 1. The van der Waals surface area contributed by atoms with Gasteiger partial charge in [-0.05, 0) is 36.2 Å². The number of anilines is 2. The first kappa shape index (κ1) is 26.0. The summed E-state index contributed by atoms with van der Waals surface area (Å²) in [5, 5.41) is 12.7. The maximum Gasteiger partial charge on any atom is 0.433 e. The standard InChI is InChI=1S/C20H22F3N5O4S2/c1-13-8-14(10-15(9-13)26-19-24-3-2-17(27-19)20(21,22)23)16-11-25-18(33-16)12-28(4-6-29)5-7-34(30,31)32/h2-3,8-11,29H,4-7,12H2,1H3,(H,24,26,27)(H,30,31,32). The van der Waals surface area contributed by atoms with Crippen LogP contribution in [0.2, 0.25) is 0 Å². The molecule has 0 atom stereocenters. The second kappa shape index (κ2) is 10.7. The highest BCUT2D eigenvalue weighted by molar-refractivity contribution is 7.85. The van der Waals surface area contributed by atoms with E-state index in [1.165, 1.54) is 11.3 Å².